The normalized spacial score (nSPS) is 14.6. The molecular weight excluding hydrogens is 214 g/mol. The van der Waals surface area contributed by atoms with Crippen molar-refractivity contribution in [2.75, 3.05) is 5.75 Å². The lowest BCUT2D eigenvalue weighted by atomic mass is 9.75. The van der Waals surface area contributed by atoms with E-state index in [0.717, 1.165) is 0 Å². The van der Waals surface area contributed by atoms with E-state index in [2.05, 4.69) is 5.92 Å². The van der Waals surface area contributed by atoms with Crippen LogP contribution in [-0.2, 0) is 10.1 Å². The highest BCUT2D eigenvalue weighted by Gasteiger charge is 2.31. The third kappa shape index (κ3) is 4.20. The summed E-state index contributed by atoms with van der Waals surface area (Å²) in [5.74, 6) is 2.31. The van der Waals surface area contributed by atoms with E-state index in [-0.39, 0.29) is 12.2 Å². The minimum Gasteiger partial charge on any atom is -0.326 e. The molecule has 0 saturated heterocycles. The fourth-order valence-electron chi connectivity index (χ4n) is 1.64. The third-order valence-electron chi connectivity index (χ3n) is 2.95. The lowest BCUT2D eigenvalue weighted by Gasteiger charge is -2.32. The van der Waals surface area contributed by atoms with Gasteiger partial charge in [0.15, 0.2) is 0 Å². The van der Waals surface area contributed by atoms with E-state index in [1.54, 1.807) is 0 Å². The van der Waals surface area contributed by atoms with Crippen molar-refractivity contribution in [2.24, 2.45) is 11.1 Å². The third-order valence-corrected chi connectivity index (χ3v) is 3.70. The van der Waals surface area contributed by atoms with Gasteiger partial charge in [0.05, 0.1) is 5.75 Å². The molecule has 1 unspecified atom stereocenters. The second-order valence-electron chi connectivity index (χ2n) is 3.69. The first kappa shape index (κ1) is 14.4. The van der Waals surface area contributed by atoms with E-state index in [1.807, 2.05) is 13.8 Å². The zero-order valence-electron chi connectivity index (χ0n) is 9.23. The van der Waals surface area contributed by atoms with Crippen LogP contribution in [0.25, 0.3) is 0 Å². The van der Waals surface area contributed by atoms with Crippen molar-refractivity contribution >= 4 is 10.1 Å². The molecule has 88 valence electrons. The summed E-state index contributed by atoms with van der Waals surface area (Å²) in [6.07, 6.45) is 7.01. The van der Waals surface area contributed by atoms with Gasteiger partial charge in [0.2, 0.25) is 0 Å². The molecule has 1 atom stereocenters. The number of rotatable bonds is 6. The smallest absolute Gasteiger partial charge is 0.264 e. The van der Waals surface area contributed by atoms with Crippen molar-refractivity contribution in [3.8, 4) is 12.3 Å². The molecular formula is C10H19NO3S. The topological polar surface area (TPSA) is 80.4 Å². The Hall–Kier alpha value is -0.570. The molecule has 0 fully saturated rings. The number of terminal acetylenes is 1. The van der Waals surface area contributed by atoms with Gasteiger partial charge in [-0.1, -0.05) is 19.8 Å². The molecule has 0 saturated carbocycles. The fraction of sp³-hybridized carbons (Fsp3) is 0.800. The molecule has 0 spiro atoms. The van der Waals surface area contributed by atoms with Gasteiger partial charge in [-0.25, -0.2) is 0 Å². The van der Waals surface area contributed by atoms with Gasteiger partial charge in [-0.15, -0.1) is 6.42 Å². The molecule has 0 amide bonds. The first-order chi connectivity index (χ1) is 6.81. The summed E-state index contributed by atoms with van der Waals surface area (Å²) in [7, 11) is -3.95. The van der Waals surface area contributed by atoms with Crippen molar-refractivity contribution < 1.29 is 13.0 Å². The van der Waals surface area contributed by atoms with Crippen LogP contribution in [0.4, 0.5) is 0 Å². The van der Waals surface area contributed by atoms with E-state index in [0.29, 0.717) is 12.8 Å². The lowest BCUT2D eigenvalue weighted by molar-refractivity contribution is 0.287. The minimum atomic E-state index is -3.95. The van der Waals surface area contributed by atoms with Gasteiger partial charge in [-0.3, -0.25) is 4.55 Å². The monoisotopic (exact) mass is 233 g/mol. The highest BCUT2D eigenvalue weighted by molar-refractivity contribution is 7.85. The average Bonchev–Trinajstić information content (AvgIpc) is 2.17. The SMILES string of the molecule is C#CC(CC)(CC)C(N)CCS(=O)(=O)O. The highest BCUT2D eigenvalue weighted by Crippen LogP contribution is 2.30. The predicted molar refractivity (Wildman–Crippen MR) is 60.9 cm³/mol. The van der Waals surface area contributed by atoms with Crippen LogP contribution in [-0.4, -0.2) is 24.8 Å². The Labute approximate surface area is 92.0 Å². The second kappa shape index (κ2) is 5.50. The van der Waals surface area contributed by atoms with Gasteiger partial charge in [-0.05, 0) is 19.3 Å². The van der Waals surface area contributed by atoms with Gasteiger partial charge in [0.25, 0.3) is 10.1 Å². The molecule has 0 aliphatic carbocycles. The van der Waals surface area contributed by atoms with Crippen LogP contribution in [0.3, 0.4) is 0 Å². The molecule has 0 aliphatic rings. The Morgan fingerprint density at radius 2 is 1.93 bits per heavy atom. The first-order valence-electron chi connectivity index (χ1n) is 4.99. The standard InChI is InChI=1S/C10H19NO3S/c1-4-10(5-2,6-3)9(11)7-8-15(12,13)14/h1,9H,5-8,11H2,2-3H3,(H,12,13,14). The molecule has 0 aromatic rings. The van der Waals surface area contributed by atoms with Gasteiger partial charge < -0.3 is 5.73 Å². The fourth-order valence-corrected chi connectivity index (χ4v) is 2.19. The van der Waals surface area contributed by atoms with Crippen LogP contribution in [0.1, 0.15) is 33.1 Å². The van der Waals surface area contributed by atoms with Crippen molar-refractivity contribution in [3.63, 3.8) is 0 Å². The Morgan fingerprint density at radius 1 is 1.47 bits per heavy atom. The molecule has 0 heterocycles. The van der Waals surface area contributed by atoms with Gasteiger partial charge >= 0.3 is 0 Å². The van der Waals surface area contributed by atoms with Crippen LogP contribution >= 0.6 is 0 Å². The maximum absolute atomic E-state index is 10.6. The molecule has 3 N–H and O–H groups in total. The summed E-state index contributed by atoms with van der Waals surface area (Å²) >= 11 is 0. The van der Waals surface area contributed by atoms with Gasteiger partial charge in [-0.2, -0.15) is 8.42 Å². The number of hydrogen-bond acceptors (Lipinski definition) is 3. The molecule has 0 rings (SSSR count). The maximum atomic E-state index is 10.6. The van der Waals surface area contributed by atoms with Crippen LogP contribution in [0.5, 0.6) is 0 Å². The second-order valence-corrected chi connectivity index (χ2v) is 5.26. The van der Waals surface area contributed by atoms with Crippen molar-refractivity contribution in [2.45, 2.75) is 39.2 Å². The van der Waals surface area contributed by atoms with Gasteiger partial charge in [0, 0.05) is 11.5 Å². The molecule has 5 heteroatoms. The van der Waals surface area contributed by atoms with Crippen LogP contribution in [0, 0.1) is 17.8 Å². The van der Waals surface area contributed by atoms with Crippen LogP contribution in [0.2, 0.25) is 0 Å². The van der Waals surface area contributed by atoms with E-state index in [1.165, 1.54) is 0 Å². The van der Waals surface area contributed by atoms with E-state index < -0.39 is 21.6 Å². The summed E-state index contributed by atoms with van der Waals surface area (Å²) < 4.78 is 29.8. The number of hydrogen-bond donors (Lipinski definition) is 2. The molecule has 0 radical (unpaired) electrons. The van der Waals surface area contributed by atoms with E-state index in [4.69, 9.17) is 16.7 Å². The Kier molecular flexibility index (Phi) is 5.29. The number of nitrogens with two attached hydrogens (primary N) is 1. The lowest BCUT2D eigenvalue weighted by Crippen LogP contribution is -2.41. The molecule has 0 aliphatic heterocycles. The zero-order valence-corrected chi connectivity index (χ0v) is 10.0. The van der Waals surface area contributed by atoms with Crippen molar-refractivity contribution in [3.05, 3.63) is 0 Å². The summed E-state index contributed by atoms with van der Waals surface area (Å²) in [4.78, 5) is 0. The molecule has 0 aromatic carbocycles. The van der Waals surface area contributed by atoms with Crippen LogP contribution < -0.4 is 5.73 Å². The van der Waals surface area contributed by atoms with Gasteiger partial charge in [0.1, 0.15) is 0 Å². The molecule has 15 heavy (non-hydrogen) atoms. The van der Waals surface area contributed by atoms with E-state index in [9.17, 15) is 8.42 Å². The summed E-state index contributed by atoms with van der Waals surface area (Å²) in [6, 6.07) is -0.403. The highest BCUT2D eigenvalue weighted by atomic mass is 32.2. The summed E-state index contributed by atoms with van der Waals surface area (Å²) in [5.41, 5.74) is 5.41. The predicted octanol–water partition coefficient (Wildman–Crippen LogP) is 1.03. The first-order valence-corrected chi connectivity index (χ1v) is 6.60. The van der Waals surface area contributed by atoms with Crippen LogP contribution in [0.15, 0.2) is 0 Å². The molecule has 0 aromatic heterocycles. The van der Waals surface area contributed by atoms with Crippen molar-refractivity contribution in [1.82, 2.24) is 0 Å². The maximum Gasteiger partial charge on any atom is 0.264 e. The van der Waals surface area contributed by atoms with Crippen molar-refractivity contribution in [1.29, 1.82) is 0 Å². The largest absolute Gasteiger partial charge is 0.326 e. The average molecular weight is 233 g/mol. The Balaban J connectivity index is 4.55. The van der Waals surface area contributed by atoms with E-state index >= 15 is 0 Å². The molecule has 0 bridgehead atoms. The summed E-state index contributed by atoms with van der Waals surface area (Å²) in [5, 5.41) is 0. The Bertz CT molecular complexity index is 325. The quantitative estimate of drug-likeness (QED) is 0.530. The zero-order chi connectivity index (χ0) is 12.1. The Morgan fingerprint density at radius 3 is 2.20 bits per heavy atom. The summed E-state index contributed by atoms with van der Waals surface area (Å²) in [6.45, 7) is 3.85. The molecule has 4 nitrogen and oxygen atoms in total. The minimum absolute atomic E-state index is 0.185.